The van der Waals surface area contributed by atoms with E-state index in [9.17, 15) is 18.0 Å². The van der Waals surface area contributed by atoms with Crippen LogP contribution in [0.4, 0.5) is 5.69 Å². The minimum Gasteiger partial charge on any atom is -0.452 e. The molecule has 2 aromatic rings. The zero-order chi connectivity index (χ0) is 24.0. The Morgan fingerprint density at radius 1 is 1.03 bits per heavy atom. The van der Waals surface area contributed by atoms with Crippen molar-refractivity contribution in [2.45, 2.75) is 63.8 Å². The minimum absolute atomic E-state index is 0.0435. The average molecular weight is 473 g/mol. The van der Waals surface area contributed by atoms with Gasteiger partial charge in [0.15, 0.2) is 6.61 Å². The molecule has 1 heterocycles. The molecule has 8 heteroatoms. The van der Waals surface area contributed by atoms with Crippen LogP contribution in [-0.2, 0) is 32.4 Å². The molecular formula is C25H32N2O5S. The van der Waals surface area contributed by atoms with E-state index in [0.29, 0.717) is 6.54 Å². The number of para-hydroxylation sites is 1. The van der Waals surface area contributed by atoms with Crippen LogP contribution in [0.3, 0.4) is 0 Å². The smallest absolute Gasteiger partial charge is 0.338 e. The molecule has 1 aliphatic rings. The van der Waals surface area contributed by atoms with E-state index >= 15 is 0 Å². The number of nitrogens with zero attached hydrogens (tertiary/aromatic N) is 1. The van der Waals surface area contributed by atoms with E-state index in [1.54, 1.807) is 0 Å². The standard InChI is InChI=1S/C25H32N2O5S/c1-4-19-10-8-11-20(5-2)24(19)26-23(28)17-32-25(29)21-12-14-22(15-13-21)33(30,31)27-16-7-6-9-18(27)3/h8,10-15,18H,4-7,9,16-17H2,1-3H3,(H,26,28). The number of sulfonamides is 1. The van der Waals surface area contributed by atoms with E-state index in [2.05, 4.69) is 5.32 Å². The Kier molecular flexibility index (Phi) is 8.26. The first-order valence-corrected chi connectivity index (χ1v) is 12.9. The van der Waals surface area contributed by atoms with Gasteiger partial charge < -0.3 is 10.1 Å². The maximum atomic E-state index is 12.9. The predicted octanol–water partition coefficient (Wildman–Crippen LogP) is 4.17. The number of amides is 1. The summed E-state index contributed by atoms with van der Waals surface area (Å²) in [6.45, 7) is 6.02. The topological polar surface area (TPSA) is 92.8 Å². The van der Waals surface area contributed by atoms with Crippen LogP contribution >= 0.6 is 0 Å². The van der Waals surface area contributed by atoms with Gasteiger partial charge in [0.05, 0.1) is 10.5 Å². The highest BCUT2D eigenvalue weighted by Gasteiger charge is 2.31. The number of carbonyl (C=O) groups excluding carboxylic acids is 2. The maximum Gasteiger partial charge on any atom is 0.338 e. The van der Waals surface area contributed by atoms with Crippen LogP contribution < -0.4 is 5.32 Å². The van der Waals surface area contributed by atoms with Gasteiger partial charge in [-0.25, -0.2) is 13.2 Å². The van der Waals surface area contributed by atoms with Gasteiger partial charge in [0.1, 0.15) is 0 Å². The van der Waals surface area contributed by atoms with Crippen LogP contribution in [0.1, 0.15) is 61.5 Å². The third-order valence-electron chi connectivity index (χ3n) is 6.04. The fourth-order valence-corrected chi connectivity index (χ4v) is 5.82. The zero-order valence-electron chi connectivity index (χ0n) is 19.5. The molecule has 2 aromatic carbocycles. The summed E-state index contributed by atoms with van der Waals surface area (Å²) in [5.74, 6) is -1.10. The van der Waals surface area contributed by atoms with Crippen LogP contribution in [0.5, 0.6) is 0 Å². The van der Waals surface area contributed by atoms with Crippen molar-refractivity contribution in [2.24, 2.45) is 0 Å². The molecule has 0 aromatic heterocycles. The Labute approximate surface area is 196 Å². The molecule has 1 atom stereocenters. The molecule has 33 heavy (non-hydrogen) atoms. The van der Waals surface area contributed by atoms with E-state index in [1.807, 2.05) is 39.0 Å². The third kappa shape index (κ3) is 5.81. The molecule has 178 valence electrons. The quantitative estimate of drug-likeness (QED) is 0.582. The highest BCUT2D eigenvalue weighted by atomic mass is 32.2. The minimum atomic E-state index is -3.61. The average Bonchev–Trinajstić information content (AvgIpc) is 2.82. The van der Waals surface area contributed by atoms with Crippen LogP contribution in [0.2, 0.25) is 0 Å². The van der Waals surface area contributed by atoms with Crippen molar-refractivity contribution in [2.75, 3.05) is 18.5 Å². The molecule has 1 unspecified atom stereocenters. The lowest BCUT2D eigenvalue weighted by molar-refractivity contribution is -0.119. The van der Waals surface area contributed by atoms with Gasteiger partial charge in [-0.05, 0) is 68.0 Å². The number of ether oxygens (including phenoxy) is 1. The number of nitrogens with one attached hydrogen (secondary N) is 1. The highest BCUT2D eigenvalue weighted by Crippen LogP contribution is 2.25. The summed E-state index contributed by atoms with van der Waals surface area (Å²) in [5.41, 5.74) is 3.00. The van der Waals surface area contributed by atoms with Gasteiger partial charge >= 0.3 is 5.97 Å². The highest BCUT2D eigenvalue weighted by molar-refractivity contribution is 7.89. The van der Waals surface area contributed by atoms with Crippen LogP contribution in [0, 0.1) is 0 Å². The number of anilines is 1. The first-order chi connectivity index (χ1) is 15.8. The van der Waals surface area contributed by atoms with Gasteiger partial charge in [-0.2, -0.15) is 4.31 Å². The van der Waals surface area contributed by atoms with Crippen molar-refractivity contribution in [1.82, 2.24) is 4.31 Å². The van der Waals surface area contributed by atoms with Crippen molar-refractivity contribution in [3.8, 4) is 0 Å². The number of piperidine rings is 1. The van der Waals surface area contributed by atoms with E-state index in [0.717, 1.165) is 48.9 Å². The molecule has 7 nitrogen and oxygen atoms in total. The summed E-state index contributed by atoms with van der Waals surface area (Å²) in [7, 11) is -3.61. The zero-order valence-corrected chi connectivity index (χ0v) is 20.3. The summed E-state index contributed by atoms with van der Waals surface area (Å²) < 4.78 is 32.5. The number of rotatable bonds is 8. The molecule has 1 fully saturated rings. The van der Waals surface area contributed by atoms with E-state index in [-0.39, 0.29) is 16.5 Å². The molecule has 1 saturated heterocycles. The third-order valence-corrected chi connectivity index (χ3v) is 8.06. The molecule has 1 amide bonds. The first-order valence-electron chi connectivity index (χ1n) is 11.5. The van der Waals surface area contributed by atoms with E-state index in [4.69, 9.17) is 4.74 Å². The molecule has 0 aliphatic carbocycles. The summed E-state index contributed by atoms with van der Waals surface area (Å²) >= 11 is 0. The van der Waals surface area contributed by atoms with Gasteiger partial charge in [-0.1, -0.05) is 38.5 Å². The largest absolute Gasteiger partial charge is 0.452 e. The number of esters is 1. The Hall–Kier alpha value is -2.71. The van der Waals surface area contributed by atoms with Crippen molar-refractivity contribution < 1.29 is 22.7 Å². The molecule has 3 rings (SSSR count). The van der Waals surface area contributed by atoms with Crippen LogP contribution in [0.25, 0.3) is 0 Å². The van der Waals surface area contributed by atoms with Crippen molar-refractivity contribution in [1.29, 1.82) is 0 Å². The lowest BCUT2D eigenvalue weighted by atomic mass is 10.0. The first kappa shape index (κ1) is 24.9. The monoisotopic (exact) mass is 472 g/mol. The van der Waals surface area contributed by atoms with E-state index < -0.39 is 28.5 Å². The Morgan fingerprint density at radius 3 is 2.24 bits per heavy atom. The Morgan fingerprint density at radius 2 is 1.67 bits per heavy atom. The van der Waals surface area contributed by atoms with E-state index in [1.165, 1.54) is 28.6 Å². The summed E-state index contributed by atoms with van der Waals surface area (Å²) in [5, 5.41) is 2.86. The van der Waals surface area contributed by atoms with Crippen molar-refractivity contribution >= 4 is 27.6 Å². The predicted molar refractivity (Wildman–Crippen MR) is 128 cm³/mol. The molecule has 0 spiro atoms. The number of carbonyl (C=O) groups is 2. The van der Waals surface area contributed by atoms with Gasteiger partial charge in [-0.15, -0.1) is 0 Å². The second-order valence-corrected chi connectivity index (χ2v) is 10.2. The molecular weight excluding hydrogens is 440 g/mol. The van der Waals surface area contributed by atoms with Gasteiger partial charge in [0.25, 0.3) is 5.91 Å². The summed E-state index contributed by atoms with van der Waals surface area (Å²) in [4.78, 5) is 25.0. The number of hydrogen-bond donors (Lipinski definition) is 1. The lowest BCUT2D eigenvalue weighted by Crippen LogP contribution is -2.41. The van der Waals surface area contributed by atoms with Gasteiger partial charge in [-0.3, -0.25) is 4.79 Å². The number of aryl methyl sites for hydroxylation is 2. The van der Waals surface area contributed by atoms with Gasteiger partial charge in [0.2, 0.25) is 10.0 Å². The van der Waals surface area contributed by atoms with Crippen LogP contribution in [-0.4, -0.2) is 43.8 Å². The fraction of sp³-hybridized carbons (Fsp3) is 0.440. The molecule has 0 radical (unpaired) electrons. The normalized spacial score (nSPS) is 16.9. The molecule has 0 saturated carbocycles. The number of benzene rings is 2. The second kappa shape index (κ2) is 10.9. The van der Waals surface area contributed by atoms with Gasteiger partial charge in [0, 0.05) is 18.3 Å². The Bertz CT molecular complexity index is 1070. The van der Waals surface area contributed by atoms with Crippen LogP contribution in [0.15, 0.2) is 47.4 Å². The lowest BCUT2D eigenvalue weighted by Gasteiger charge is -2.32. The SMILES string of the molecule is CCc1cccc(CC)c1NC(=O)COC(=O)c1ccc(S(=O)(=O)N2CCCCC2C)cc1. The van der Waals surface area contributed by atoms with Crippen molar-refractivity contribution in [3.05, 3.63) is 59.2 Å². The molecule has 1 aliphatic heterocycles. The fourth-order valence-electron chi connectivity index (χ4n) is 4.12. The second-order valence-electron chi connectivity index (χ2n) is 8.27. The molecule has 1 N–H and O–H groups in total. The maximum absolute atomic E-state index is 12.9. The Balaban J connectivity index is 1.62. The summed E-state index contributed by atoms with van der Waals surface area (Å²) in [6.07, 6.45) is 4.26. The molecule has 0 bridgehead atoms. The summed E-state index contributed by atoms with van der Waals surface area (Å²) in [6, 6.07) is 11.5. The van der Waals surface area contributed by atoms with Crippen molar-refractivity contribution in [3.63, 3.8) is 0 Å². The number of hydrogen-bond acceptors (Lipinski definition) is 5.